The zero-order valence-corrected chi connectivity index (χ0v) is 9.33. The lowest BCUT2D eigenvalue weighted by Crippen LogP contribution is -2.02. The molecule has 82 valence electrons. The second kappa shape index (κ2) is 6.23. The van der Waals surface area contributed by atoms with E-state index in [0.29, 0.717) is 5.78 Å². The van der Waals surface area contributed by atoms with Gasteiger partial charge in [0.2, 0.25) is 0 Å². The van der Waals surface area contributed by atoms with Crippen LogP contribution in [0.4, 0.5) is 5.69 Å². The normalized spacial score (nSPS) is 15.4. The molecule has 0 saturated heterocycles. The average molecular weight is 205 g/mol. The molecule has 0 atom stereocenters. The third kappa shape index (κ3) is 5.21. The van der Waals surface area contributed by atoms with E-state index in [-0.39, 0.29) is 0 Å². The highest BCUT2D eigenvalue weighted by atomic mass is 16.1. The molecule has 0 heterocycles. The first-order valence-corrected chi connectivity index (χ1v) is 5.52. The minimum absolute atomic E-state index is 0.464. The van der Waals surface area contributed by atoms with Gasteiger partial charge in [0.25, 0.3) is 0 Å². The number of hydrogen-bond donors (Lipinski definition) is 1. The molecule has 0 aliphatic heterocycles. The molecule has 2 nitrogen and oxygen atoms in total. The Morgan fingerprint density at radius 3 is 2.13 bits per heavy atom. The molecule has 2 heteroatoms. The van der Waals surface area contributed by atoms with Gasteiger partial charge in [-0.1, -0.05) is 18.6 Å². The number of nitrogens with two attached hydrogens (primary N) is 1. The SMILES string of the molecule is Cc1cccc(N)c1.O=C1CCCCC1. The number of hydrogen-bond acceptors (Lipinski definition) is 2. The van der Waals surface area contributed by atoms with Gasteiger partial charge in [-0.2, -0.15) is 0 Å². The molecule has 1 aliphatic carbocycles. The molecule has 0 bridgehead atoms. The van der Waals surface area contributed by atoms with Crippen LogP contribution in [0, 0.1) is 6.92 Å². The van der Waals surface area contributed by atoms with Crippen LogP contribution in [-0.4, -0.2) is 5.78 Å². The fourth-order valence-corrected chi connectivity index (χ4v) is 1.62. The second-order valence-electron chi connectivity index (χ2n) is 4.01. The number of Topliss-reactive ketones (excluding diaryl/α,β-unsaturated/α-hetero) is 1. The molecule has 1 fully saturated rings. The van der Waals surface area contributed by atoms with Gasteiger partial charge < -0.3 is 5.73 Å². The Morgan fingerprint density at radius 1 is 1.13 bits per heavy atom. The van der Waals surface area contributed by atoms with Gasteiger partial charge in [-0.25, -0.2) is 0 Å². The molecule has 0 unspecified atom stereocenters. The maximum Gasteiger partial charge on any atom is 0.132 e. The van der Waals surface area contributed by atoms with Crippen molar-refractivity contribution in [3.05, 3.63) is 29.8 Å². The second-order valence-corrected chi connectivity index (χ2v) is 4.01. The van der Waals surface area contributed by atoms with Gasteiger partial charge in [0.15, 0.2) is 0 Å². The first kappa shape index (κ1) is 11.8. The monoisotopic (exact) mass is 205 g/mol. The van der Waals surface area contributed by atoms with Crippen molar-refractivity contribution in [3.63, 3.8) is 0 Å². The van der Waals surface area contributed by atoms with Crippen LogP contribution in [0.5, 0.6) is 0 Å². The summed E-state index contributed by atoms with van der Waals surface area (Å²) in [7, 11) is 0. The summed E-state index contributed by atoms with van der Waals surface area (Å²) in [5.74, 6) is 0.464. The number of nitrogen functional groups attached to an aromatic ring is 1. The Morgan fingerprint density at radius 2 is 1.80 bits per heavy atom. The highest BCUT2D eigenvalue weighted by Gasteiger charge is 2.05. The summed E-state index contributed by atoms with van der Waals surface area (Å²) in [6.07, 6.45) is 5.24. The minimum atomic E-state index is 0.464. The van der Waals surface area contributed by atoms with E-state index in [4.69, 9.17) is 5.73 Å². The Balaban J connectivity index is 0.000000151. The van der Waals surface area contributed by atoms with Gasteiger partial charge in [-0.3, -0.25) is 4.79 Å². The standard InChI is InChI=1S/C7H9N.C6H10O/c1-6-3-2-4-7(8)5-6;7-6-4-2-1-3-5-6/h2-5H,8H2,1H3;1-5H2. The minimum Gasteiger partial charge on any atom is -0.399 e. The van der Waals surface area contributed by atoms with Crippen LogP contribution < -0.4 is 5.73 Å². The third-order valence-corrected chi connectivity index (χ3v) is 2.45. The van der Waals surface area contributed by atoms with Crippen molar-refractivity contribution in [1.29, 1.82) is 0 Å². The molecule has 1 aromatic rings. The largest absolute Gasteiger partial charge is 0.399 e. The summed E-state index contributed by atoms with van der Waals surface area (Å²) >= 11 is 0. The molecular formula is C13H19NO. The molecule has 2 rings (SSSR count). The van der Waals surface area contributed by atoms with Crippen LogP contribution in [0.15, 0.2) is 24.3 Å². The van der Waals surface area contributed by atoms with Crippen LogP contribution in [0.1, 0.15) is 37.7 Å². The Labute approximate surface area is 91.5 Å². The predicted octanol–water partition coefficient (Wildman–Crippen LogP) is 3.10. The van der Waals surface area contributed by atoms with E-state index in [1.165, 1.54) is 12.0 Å². The van der Waals surface area contributed by atoms with E-state index in [2.05, 4.69) is 0 Å². The van der Waals surface area contributed by atoms with Crippen molar-refractivity contribution >= 4 is 11.5 Å². The topological polar surface area (TPSA) is 43.1 Å². The molecule has 0 amide bonds. The summed E-state index contributed by atoms with van der Waals surface area (Å²) in [5, 5.41) is 0. The van der Waals surface area contributed by atoms with E-state index in [0.717, 1.165) is 31.4 Å². The van der Waals surface area contributed by atoms with Gasteiger partial charge in [0.1, 0.15) is 5.78 Å². The molecule has 0 radical (unpaired) electrons. The van der Waals surface area contributed by atoms with Crippen LogP contribution in [-0.2, 0) is 4.79 Å². The van der Waals surface area contributed by atoms with Crippen LogP contribution in [0.3, 0.4) is 0 Å². The number of carbonyl (C=O) groups is 1. The summed E-state index contributed by atoms with van der Waals surface area (Å²) in [6, 6.07) is 7.80. The van der Waals surface area contributed by atoms with Crippen LogP contribution >= 0.6 is 0 Å². The van der Waals surface area contributed by atoms with E-state index in [1.54, 1.807) is 0 Å². The predicted molar refractivity (Wildman–Crippen MR) is 63.7 cm³/mol. The van der Waals surface area contributed by atoms with Gasteiger partial charge in [0.05, 0.1) is 0 Å². The van der Waals surface area contributed by atoms with Crippen molar-refractivity contribution in [1.82, 2.24) is 0 Å². The van der Waals surface area contributed by atoms with Crippen molar-refractivity contribution < 1.29 is 4.79 Å². The maximum absolute atomic E-state index is 10.5. The molecule has 2 N–H and O–H groups in total. The quantitative estimate of drug-likeness (QED) is 0.661. The molecule has 1 aromatic carbocycles. The van der Waals surface area contributed by atoms with E-state index < -0.39 is 0 Å². The summed E-state index contributed by atoms with van der Waals surface area (Å²) in [5.41, 5.74) is 7.51. The van der Waals surface area contributed by atoms with Crippen molar-refractivity contribution in [2.24, 2.45) is 0 Å². The zero-order chi connectivity index (χ0) is 11.1. The molecule has 0 aromatic heterocycles. The Hall–Kier alpha value is -1.31. The number of rotatable bonds is 0. The highest BCUT2D eigenvalue weighted by molar-refractivity contribution is 5.78. The van der Waals surface area contributed by atoms with E-state index in [9.17, 15) is 4.79 Å². The summed E-state index contributed by atoms with van der Waals surface area (Å²) in [4.78, 5) is 10.5. The summed E-state index contributed by atoms with van der Waals surface area (Å²) < 4.78 is 0. The first-order chi connectivity index (χ1) is 7.18. The smallest absolute Gasteiger partial charge is 0.132 e. The number of carbonyl (C=O) groups excluding carboxylic acids is 1. The van der Waals surface area contributed by atoms with Gasteiger partial charge in [-0.15, -0.1) is 0 Å². The van der Waals surface area contributed by atoms with Crippen LogP contribution in [0.25, 0.3) is 0 Å². The summed E-state index contributed by atoms with van der Waals surface area (Å²) in [6.45, 7) is 2.02. The van der Waals surface area contributed by atoms with Crippen LogP contribution in [0.2, 0.25) is 0 Å². The zero-order valence-electron chi connectivity index (χ0n) is 9.33. The first-order valence-electron chi connectivity index (χ1n) is 5.52. The Kier molecular flexibility index (Phi) is 4.88. The van der Waals surface area contributed by atoms with Crippen molar-refractivity contribution in [2.45, 2.75) is 39.0 Å². The lowest BCUT2D eigenvalue weighted by molar-refractivity contribution is -0.120. The number of benzene rings is 1. The molecule has 1 saturated carbocycles. The number of anilines is 1. The van der Waals surface area contributed by atoms with E-state index >= 15 is 0 Å². The van der Waals surface area contributed by atoms with Crippen molar-refractivity contribution in [2.75, 3.05) is 5.73 Å². The highest BCUT2D eigenvalue weighted by Crippen LogP contribution is 2.12. The average Bonchev–Trinajstić information content (AvgIpc) is 2.19. The van der Waals surface area contributed by atoms with Gasteiger partial charge >= 0.3 is 0 Å². The maximum atomic E-state index is 10.5. The van der Waals surface area contributed by atoms with E-state index in [1.807, 2.05) is 31.2 Å². The Bertz CT molecular complexity index is 295. The fraction of sp³-hybridized carbons (Fsp3) is 0.462. The lowest BCUT2D eigenvalue weighted by atomic mass is 10.00. The number of aryl methyl sites for hydroxylation is 1. The fourth-order valence-electron chi connectivity index (χ4n) is 1.62. The number of ketones is 1. The van der Waals surface area contributed by atoms with Gasteiger partial charge in [0, 0.05) is 18.5 Å². The van der Waals surface area contributed by atoms with Gasteiger partial charge in [-0.05, 0) is 37.5 Å². The lowest BCUT2D eigenvalue weighted by Gasteiger charge is -2.05. The molecule has 0 spiro atoms. The molecule has 1 aliphatic rings. The van der Waals surface area contributed by atoms with Crippen molar-refractivity contribution in [3.8, 4) is 0 Å². The molecular weight excluding hydrogens is 186 g/mol. The molecule has 15 heavy (non-hydrogen) atoms. The third-order valence-electron chi connectivity index (χ3n) is 2.45.